The van der Waals surface area contributed by atoms with Gasteiger partial charge in [0.1, 0.15) is 28.9 Å². The Balaban J connectivity index is 1.46. The van der Waals surface area contributed by atoms with Crippen LogP contribution in [0.25, 0.3) is 22.9 Å². The molecule has 10 nitrogen and oxygen atoms in total. The van der Waals surface area contributed by atoms with Gasteiger partial charge in [0.05, 0.1) is 12.2 Å². The summed E-state index contributed by atoms with van der Waals surface area (Å²) in [5.41, 5.74) is 3.05. The molecule has 1 unspecified atom stereocenters. The maximum Gasteiger partial charge on any atom is 0.241 e. The first-order valence-electron chi connectivity index (χ1n) is 10.9. The number of benzene rings is 1. The summed E-state index contributed by atoms with van der Waals surface area (Å²) in [5, 5.41) is 14.2. The summed E-state index contributed by atoms with van der Waals surface area (Å²) in [6.45, 7) is 4.68. The fourth-order valence-corrected chi connectivity index (χ4v) is 3.90. The van der Waals surface area contributed by atoms with Crippen LogP contribution in [0.3, 0.4) is 0 Å². The SMILES string of the molecule is Cc1ccccc1Cn1nc(-c2nccc(NC(=O)C3(C)CCNC3=O)n2)cc1-c1ccon1. The zero-order valence-electron chi connectivity index (χ0n) is 18.8. The van der Waals surface area contributed by atoms with Crippen LogP contribution in [0.2, 0.25) is 0 Å². The van der Waals surface area contributed by atoms with E-state index in [2.05, 4.69) is 44.8 Å². The first kappa shape index (κ1) is 21.5. The molecule has 1 aliphatic rings. The van der Waals surface area contributed by atoms with Gasteiger partial charge in [0.2, 0.25) is 11.8 Å². The molecule has 1 fully saturated rings. The van der Waals surface area contributed by atoms with Crippen LogP contribution in [-0.2, 0) is 16.1 Å². The summed E-state index contributed by atoms with van der Waals surface area (Å²) < 4.78 is 6.87. The number of aromatic nitrogens is 5. The molecule has 0 radical (unpaired) electrons. The lowest BCUT2D eigenvalue weighted by Gasteiger charge is -2.19. The molecule has 4 heterocycles. The number of rotatable bonds is 6. The second-order valence-corrected chi connectivity index (χ2v) is 8.44. The van der Waals surface area contributed by atoms with Crippen molar-refractivity contribution >= 4 is 17.6 Å². The molecule has 2 amide bonds. The Kier molecular flexibility index (Phi) is 5.40. The summed E-state index contributed by atoms with van der Waals surface area (Å²) in [6, 6.07) is 13.3. The lowest BCUT2D eigenvalue weighted by molar-refractivity contribution is -0.136. The number of nitrogens with zero attached hydrogens (tertiary/aromatic N) is 5. The Bertz CT molecular complexity index is 1360. The van der Waals surface area contributed by atoms with Crippen molar-refractivity contribution in [3.05, 3.63) is 66.1 Å². The van der Waals surface area contributed by atoms with Crippen molar-refractivity contribution in [1.29, 1.82) is 0 Å². The van der Waals surface area contributed by atoms with E-state index in [1.807, 2.05) is 22.9 Å². The number of hydrogen-bond acceptors (Lipinski definition) is 7. The van der Waals surface area contributed by atoms with Crippen LogP contribution in [0, 0.1) is 12.3 Å². The summed E-state index contributed by atoms with van der Waals surface area (Å²) in [6.07, 6.45) is 3.48. The Morgan fingerprint density at radius 1 is 1.24 bits per heavy atom. The average Bonchev–Trinajstić information content (AvgIpc) is 3.57. The van der Waals surface area contributed by atoms with Crippen molar-refractivity contribution in [2.45, 2.75) is 26.8 Å². The summed E-state index contributed by atoms with van der Waals surface area (Å²) in [5.74, 6) is -0.0496. The highest BCUT2D eigenvalue weighted by Crippen LogP contribution is 2.28. The molecule has 1 aliphatic heterocycles. The van der Waals surface area contributed by atoms with E-state index in [1.165, 1.54) is 6.26 Å². The highest BCUT2D eigenvalue weighted by molar-refractivity contribution is 6.11. The standard InChI is InChI=1S/C24H23N7O3/c1-15-5-3-4-6-16(15)14-31-19(17-8-12-34-30-17)13-18(29-31)21-25-10-7-20(27-21)28-23(33)24(2)9-11-26-22(24)32/h3-8,10,12-13H,9,11,14H2,1-2H3,(H,26,32)(H,25,27,28,33). The van der Waals surface area contributed by atoms with Gasteiger partial charge in [0.25, 0.3) is 0 Å². The van der Waals surface area contributed by atoms with E-state index in [1.54, 1.807) is 25.3 Å². The molecule has 0 bridgehead atoms. The molecule has 3 aromatic heterocycles. The van der Waals surface area contributed by atoms with Crippen LogP contribution >= 0.6 is 0 Å². The smallest absolute Gasteiger partial charge is 0.241 e. The minimum absolute atomic E-state index is 0.286. The predicted molar refractivity (Wildman–Crippen MR) is 123 cm³/mol. The average molecular weight is 457 g/mol. The number of aryl methyl sites for hydroxylation is 1. The Morgan fingerprint density at radius 3 is 2.82 bits per heavy atom. The lowest BCUT2D eigenvalue weighted by Crippen LogP contribution is -2.40. The van der Waals surface area contributed by atoms with Crippen molar-refractivity contribution in [3.8, 4) is 22.9 Å². The van der Waals surface area contributed by atoms with Gasteiger partial charge in [-0.15, -0.1) is 0 Å². The molecular weight excluding hydrogens is 434 g/mol. The van der Waals surface area contributed by atoms with Gasteiger partial charge in [-0.1, -0.05) is 29.4 Å². The van der Waals surface area contributed by atoms with Gasteiger partial charge in [-0.3, -0.25) is 14.3 Å². The molecule has 1 atom stereocenters. The first-order valence-corrected chi connectivity index (χ1v) is 10.9. The summed E-state index contributed by atoms with van der Waals surface area (Å²) in [4.78, 5) is 33.7. The molecular formula is C24H23N7O3. The maximum absolute atomic E-state index is 12.8. The number of anilines is 1. The van der Waals surface area contributed by atoms with Gasteiger partial charge < -0.3 is 15.2 Å². The van der Waals surface area contributed by atoms with E-state index >= 15 is 0 Å². The Labute approximate surface area is 195 Å². The van der Waals surface area contributed by atoms with Crippen LogP contribution in [0.15, 0.2) is 59.4 Å². The minimum atomic E-state index is -1.12. The first-order chi connectivity index (χ1) is 16.4. The number of hydrogen-bond donors (Lipinski definition) is 2. The third-order valence-electron chi connectivity index (χ3n) is 6.10. The van der Waals surface area contributed by atoms with Crippen LogP contribution in [-0.4, -0.2) is 43.3 Å². The molecule has 10 heteroatoms. The fraction of sp³-hybridized carbons (Fsp3) is 0.250. The summed E-state index contributed by atoms with van der Waals surface area (Å²) >= 11 is 0. The molecule has 172 valence electrons. The second-order valence-electron chi connectivity index (χ2n) is 8.44. The third-order valence-corrected chi connectivity index (χ3v) is 6.10. The molecule has 2 N–H and O–H groups in total. The highest BCUT2D eigenvalue weighted by Gasteiger charge is 2.44. The minimum Gasteiger partial charge on any atom is -0.364 e. The Morgan fingerprint density at radius 2 is 2.09 bits per heavy atom. The lowest BCUT2D eigenvalue weighted by atomic mass is 9.88. The van der Waals surface area contributed by atoms with E-state index in [9.17, 15) is 9.59 Å². The number of nitrogens with one attached hydrogen (secondary N) is 2. The van der Waals surface area contributed by atoms with Crippen LogP contribution < -0.4 is 10.6 Å². The topological polar surface area (TPSA) is 128 Å². The van der Waals surface area contributed by atoms with Crippen molar-refractivity contribution < 1.29 is 14.1 Å². The normalized spacial score (nSPS) is 17.5. The number of carbonyl (C=O) groups is 2. The zero-order valence-corrected chi connectivity index (χ0v) is 18.8. The molecule has 4 aromatic rings. The number of carbonyl (C=O) groups excluding carboxylic acids is 2. The van der Waals surface area contributed by atoms with Gasteiger partial charge in [-0.05, 0) is 43.5 Å². The monoisotopic (exact) mass is 457 g/mol. The van der Waals surface area contributed by atoms with E-state index in [0.717, 1.165) is 16.8 Å². The van der Waals surface area contributed by atoms with E-state index < -0.39 is 11.3 Å². The van der Waals surface area contributed by atoms with Gasteiger partial charge in [-0.2, -0.15) is 5.10 Å². The van der Waals surface area contributed by atoms with Crippen LogP contribution in [0.5, 0.6) is 0 Å². The fourth-order valence-electron chi connectivity index (χ4n) is 3.90. The second kappa shape index (κ2) is 8.54. The van der Waals surface area contributed by atoms with Crippen molar-refractivity contribution in [2.24, 2.45) is 5.41 Å². The van der Waals surface area contributed by atoms with Crippen LogP contribution in [0.1, 0.15) is 24.5 Å². The quantitative estimate of drug-likeness (QED) is 0.426. The molecule has 0 saturated carbocycles. The van der Waals surface area contributed by atoms with E-state index in [0.29, 0.717) is 42.5 Å². The third kappa shape index (κ3) is 3.94. The zero-order chi connectivity index (χ0) is 23.7. The summed E-state index contributed by atoms with van der Waals surface area (Å²) in [7, 11) is 0. The molecule has 1 saturated heterocycles. The van der Waals surface area contributed by atoms with Crippen molar-refractivity contribution in [2.75, 3.05) is 11.9 Å². The predicted octanol–water partition coefficient (Wildman–Crippen LogP) is 2.82. The van der Waals surface area contributed by atoms with Crippen molar-refractivity contribution in [1.82, 2.24) is 30.2 Å². The highest BCUT2D eigenvalue weighted by atomic mass is 16.5. The maximum atomic E-state index is 12.8. The number of amides is 2. The Hall–Kier alpha value is -4.34. The van der Waals surface area contributed by atoms with Gasteiger partial charge in [-0.25, -0.2) is 9.97 Å². The van der Waals surface area contributed by atoms with E-state index in [-0.39, 0.29) is 5.91 Å². The molecule has 5 rings (SSSR count). The largest absolute Gasteiger partial charge is 0.364 e. The van der Waals surface area contributed by atoms with Crippen molar-refractivity contribution in [3.63, 3.8) is 0 Å². The molecule has 34 heavy (non-hydrogen) atoms. The molecule has 1 aromatic carbocycles. The van der Waals surface area contributed by atoms with Gasteiger partial charge in [0, 0.05) is 18.8 Å². The van der Waals surface area contributed by atoms with Crippen LogP contribution in [0.4, 0.5) is 5.82 Å². The molecule has 0 spiro atoms. The van der Waals surface area contributed by atoms with Gasteiger partial charge >= 0.3 is 0 Å². The molecule has 0 aliphatic carbocycles. The van der Waals surface area contributed by atoms with Gasteiger partial charge in [0.15, 0.2) is 5.82 Å². The van der Waals surface area contributed by atoms with E-state index in [4.69, 9.17) is 9.62 Å².